The first-order valence-electron chi connectivity index (χ1n) is 7.08. The minimum atomic E-state index is -3.27. The summed E-state index contributed by atoms with van der Waals surface area (Å²) in [4.78, 5) is 13.0. The number of aromatic nitrogens is 2. The van der Waals surface area contributed by atoms with Gasteiger partial charge < -0.3 is 4.42 Å². The zero-order valence-electron chi connectivity index (χ0n) is 13.0. The van der Waals surface area contributed by atoms with Gasteiger partial charge in [-0.25, -0.2) is 8.42 Å². The molecule has 128 valence electrons. The third-order valence-electron chi connectivity index (χ3n) is 3.13. The van der Waals surface area contributed by atoms with Crippen LogP contribution in [0.5, 0.6) is 0 Å². The summed E-state index contributed by atoms with van der Waals surface area (Å²) in [5.41, 5.74) is 0.550. The second kappa shape index (κ2) is 6.99. The molecule has 3 aromatic rings. The Bertz CT molecular complexity index is 1000. The minimum Gasteiger partial charge on any atom is -0.403 e. The number of anilines is 1. The summed E-state index contributed by atoms with van der Waals surface area (Å²) in [6.45, 7) is 0. The maximum atomic E-state index is 11.8. The van der Waals surface area contributed by atoms with E-state index < -0.39 is 15.7 Å². The summed E-state index contributed by atoms with van der Waals surface area (Å²) in [5.74, 6) is -0.214. The third kappa shape index (κ3) is 4.40. The summed E-state index contributed by atoms with van der Waals surface area (Å²) in [6.07, 6.45) is 4.18. The van der Waals surface area contributed by atoms with Gasteiger partial charge in [-0.1, -0.05) is 11.2 Å². The first-order chi connectivity index (χ1) is 11.9. The predicted molar refractivity (Wildman–Crippen MR) is 94.8 cm³/mol. The zero-order valence-corrected chi connectivity index (χ0v) is 14.7. The minimum absolute atomic E-state index is 0.0389. The fourth-order valence-electron chi connectivity index (χ4n) is 1.93. The second-order valence-corrected chi connectivity index (χ2v) is 8.04. The number of carbonyl (C=O) groups excluding carboxylic acids is 1. The molecule has 0 atom stereocenters. The Morgan fingerprint density at radius 3 is 2.60 bits per heavy atom. The molecule has 0 aliphatic heterocycles. The van der Waals surface area contributed by atoms with Crippen molar-refractivity contribution in [2.24, 2.45) is 0 Å². The van der Waals surface area contributed by atoms with Crippen molar-refractivity contribution in [1.29, 1.82) is 0 Å². The number of thiophene rings is 1. The van der Waals surface area contributed by atoms with Gasteiger partial charge in [0.15, 0.2) is 9.84 Å². The maximum absolute atomic E-state index is 11.8. The highest BCUT2D eigenvalue weighted by Crippen LogP contribution is 2.21. The van der Waals surface area contributed by atoms with Crippen LogP contribution in [0.25, 0.3) is 17.5 Å². The average molecular weight is 375 g/mol. The molecule has 2 aromatic heterocycles. The molecule has 0 aliphatic rings. The largest absolute Gasteiger partial charge is 0.403 e. The molecule has 0 saturated carbocycles. The van der Waals surface area contributed by atoms with Gasteiger partial charge in [0.25, 0.3) is 5.91 Å². The van der Waals surface area contributed by atoms with Crippen LogP contribution in [0.2, 0.25) is 0 Å². The highest BCUT2D eigenvalue weighted by molar-refractivity contribution is 7.90. The summed E-state index contributed by atoms with van der Waals surface area (Å²) < 4.78 is 28.3. The van der Waals surface area contributed by atoms with Crippen molar-refractivity contribution in [1.82, 2.24) is 10.2 Å². The standard InChI is InChI=1S/C16H13N3O4S2/c1-25(21,22)13-7-4-11(5-8-13)15-18-19-16(23-15)17-14(20)9-6-12-3-2-10-24-12/h2-10H,1H3,(H,17,19,20). The monoisotopic (exact) mass is 375 g/mol. The number of carbonyl (C=O) groups is 1. The number of nitrogens with zero attached hydrogens (tertiary/aromatic N) is 2. The number of rotatable bonds is 5. The SMILES string of the molecule is CS(=O)(=O)c1ccc(-c2nnc(NC(=O)C=Cc3cccs3)o2)cc1. The van der Waals surface area contributed by atoms with E-state index in [1.54, 1.807) is 18.2 Å². The van der Waals surface area contributed by atoms with Crippen LogP contribution < -0.4 is 5.32 Å². The summed E-state index contributed by atoms with van der Waals surface area (Å²) >= 11 is 1.51. The van der Waals surface area contributed by atoms with E-state index in [1.807, 2.05) is 17.5 Å². The van der Waals surface area contributed by atoms with Gasteiger partial charge in [-0.05, 0) is 41.8 Å². The molecule has 2 heterocycles. The molecular weight excluding hydrogens is 362 g/mol. The quantitative estimate of drug-likeness (QED) is 0.688. The van der Waals surface area contributed by atoms with Crippen LogP contribution in [0.4, 0.5) is 6.01 Å². The lowest BCUT2D eigenvalue weighted by atomic mass is 10.2. The average Bonchev–Trinajstić information content (AvgIpc) is 3.24. The molecule has 0 bridgehead atoms. The Morgan fingerprint density at radius 1 is 1.20 bits per heavy atom. The van der Waals surface area contributed by atoms with Gasteiger partial charge in [0.05, 0.1) is 4.90 Å². The molecule has 0 saturated heterocycles. The van der Waals surface area contributed by atoms with Crippen molar-refractivity contribution < 1.29 is 17.6 Å². The molecule has 0 spiro atoms. The molecule has 9 heteroatoms. The van der Waals surface area contributed by atoms with Gasteiger partial charge in [0, 0.05) is 22.8 Å². The van der Waals surface area contributed by atoms with E-state index in [2.05, 4.69) is 15.5 Å². The van der Waals surface area contributed by atoms with Crippen LogP contribution in [0, 0.1) is 0 Å². The summed E-state index contributed by atoms with van der Waals surface area (Å²) in [5, 5.41) is 12.0. The van der Waals surface area contributed by atoms with E-state index in [9.17, 15) is 13.2 Å². The van der Waals surface area contributed by atoms with E-state index in [4.69, 9.17) is 4.42 Å². The van der Waals surface area contributed by atoms with Crippen LogP contribution in [-0.2, 0) is 14.6 Å². The van der Waals surface area contributed by atoms with Gasteiger partial charge in [-0.15, -0.1) is 16.4 Å². The molecule has 3 rings (SSSR count). The van der Waals surface area contributed by atoms with E-state index in [0.29, 0.717) is 5.56 Å². The predicted octanol–water partition coefficient (Wildman–Crippen LogP) is 2.85. The lowest BCUT2D eigenvalue weighted by Crippen LogP contribution is -2.07. The molecular formula is C16H13N3O4S2. The van der Waals surface area contributed by atoms with Crippen molar-refractivity contribution in [2.75, 3.05) is 11.6 Å². The zero-order chi connectivity index (χ0) is 17.9. The van der Waals surface area contributed by atoms with Gasteiger partial charge in [-0.2, -0.15) is 0 Å². The Kier molecular flexibility index (Phi) is 4.77. The highest BCUT2D eigenvalue weighted by Gasteiger charge is 2.12. The van der Waals surface area contributed by atoms with Crippen molar-refractivity contribution in [3.63, 3.8) is 0 Å². The molecule has 0 unspecified atom stereocenters. The van der Waals surface area contributed by atoms with Crippen LogP contribution >= 0.6 is 11.3 Å². The van der Waals surface area contributed by atoms with Crippen molar-refractivity contribution >= 4 is 39.2 Å². The molecule has 1 amide bonds. The van der Waals surface area contributed by atoms with E-state index in [-0.39, 0.29) is 16.8 Å². The molecule has 7 nitrogen and oxygen atoms in total. The fourth-order valence-corrected chi connectivity index (χ4v) is 3.17. The lowest BCUT2D eigenvalue weighted by molar-refractivity contribution is -0.112. The number of hydrogen-bond acceptors (Lipinski definition) is 7. The summed E-state index contributed by atoms with van der Waals surface area (Å²) in [7, 11) is -3.27. The Balaban J connectivity index is 1.69. The highest BCUT2D eigenvalue weighted by atomic mass is 32.2. The molecule has 0 aliphatic carbocycles. The molecule has 0 radical (unpaired) electrons. The van der Waals surface area contributed by atoms with Gasteiger partial charge in [-0.3, -0.25) is 10.1 Å². The molecule has 1 aromatic carbocycles. The van der Waals surface area contributed by atoms with E-state index in [1.165, 1.54) is 29.5 Å². The normalized spacial score (nSPS) is 11.7. The second-order valence-electron chi connectivity index (χ2n) is 5.05. The molecule has 25 heavy (non-hydrogen) atoms. The van der Waals surface area contributed by atoms with Crippen LogP contribution in [0.1, 0.15) is 4.88 Å². The van der Waals surface area contributed by atoms with Gasteiger partial charge in [0.2, 0.25) is 5.89 Å². The Labute approximate surface area is 147 Å². The number of benzene rings is 1. The van der Waals surface area contributed by atoms with Crippen molar-refractivity contribution in [2.45, 2.75) is 4.90 Å². The summed E-state index contributed by atoms with van der Waals surface area (Å²) in [6, 6.07) is 9.77. The van der Waals surface area contributed by atoms with E-state index >= 15 is 0 Å². The topological polar surface area (TPSA) is 102 Å². The first-order valence-corrected chi connectivity index (χ1v) is 9.85. The smallest absolute Gasteiger partial charge is 0.322 e. The Morgan fingerprint density at radius 2 is 1.96 bits per heavy atom. The Hall–Kier alpha value is -2.78. The van der Waals surface area contributed by atoms with Crippen molar-refractivity contribution in [3.05, 3.63) is 52.7 Å². The van der Waals surface area contributed by atoms with Crippen LogP contribution in [0.15, 0.2) is 57.2 Å². The fraction of sp³-hybridized carbons (Fsp3) is 0.0625. The number of hydrogen-bond donors (Lipinski definition) is 1. The van der Waals surface area contributed by atoms with Crippen LogP contribution in [-0.4, -0.2) is 30.8 Å². The van der Waals surface area contributed by atoms with Gasteiger partial charge >= 0.3 is 6.01 Å². The van der Waals surface area contributed by atoms with Crippen LogP contribution in [0.3, 0.4) is 0 Å². The van der Waals surface area contributed by atoms with E-state index in [0.717, 1.165) is 11.1 Å². The number of amides is 1. The van der Waals surface area contributed by atoms with Gasteiger partial charge in [0.1, 0.15) is 0 Å². The maximum Gasteiger partial charge on any atom is 0.322 e. The third-order valence-corrected chi connectivity index (χ3v) is 5.09. The van der Waals surface area contributed by atoms with Crippen molar-refractivity contribution in [3.8, 4) is 11.5 Å². The number of sulfone groups is 1. The lowest BCUT2D eigenvalue weighted by Gasteiger charge is -1.99. The molecule has 0 fully saturated rings. The molecule has 1 N–H and O–H groups in total. The number of nitrogens with one attached hydrogen (secondary N) is 1. The first kappa shape index (κ1) is 17.1.